The van der Waals surface area contributed by atoms with E-state index in [9.17, 15) is 5.11 Å². The van der Waals surface area contributed by atoms with Gasteiger partial charge in [-0.2, -0.15) is 0 Å². The fraction of sp³-hybridized carbons (Fsp3) is 0.250. The van der Waals surface area contributed by atoms with Crippen molar-refractivity contribution in [1.82, 2.24) is 4.98 Å². The average molecular weight is 365 g/mol. The molecule has 19 heavy (non-hydrogen) atoms. The van der Waals surface area contributed by atoms with Gasteiger partial charge in [0.15, 0.2) is 11.5 Å². The Labute approximate surface area is 128 Å². The number of hydrogen-bond donors (Lipinski definition) is 1. The fourth-order valence-corrected chi connectivity index (χ4v) is 3.24. The van der Waals surface area contributed by atoms with Gasteiger partial charge >= 0.3 is 0 Å². The lowest BCUT2D eigenvalue weighted by atomic mass is 10.1. The van der Waals surface area contributed by atoms with Crippen LogP contribution in [0.1, 0.15) is 16.7 Å². The summed E-state index contributed by atoms with van der Waals surface area (Å²) in [5, 5.41) is 13.0. The van der Waals surface area contributed by atoms with Crippen LogP contribution in [0.3, 0.4) is 0 Å². The van der Waals surface area contributed by atoms with Crippen molar-refractivity contribution in [2.24, 2.45) is 0 Å². The molecule has 1 aromatic heterocycles. The number of methoxy groups -OCH3 is 2. The highest BCUT2D eigenvalue weighted by Crippen LogP contribution is 2.41. The second-order valence-electron chi connectivity index (χ2n) is 3.62. The van der Waals surface area contributed by atoms with Crippen LogP contribution in [0.2, 0.25) is 5.02 Å². The third kappa shape index (κ3) is 2.86. The van der Waals surface area contributed by atoms with Gasteiger partial charge in [-0.05, 0) is 22.0 Å². The lowest BCUT2D eigenvalue weighted by Gasteiger charge is -2.15. The molecular weight excluding hydrogens is 354 g/mol. The van der Waals surface area contributed by atoms with Gasteiger partial charge in [0, 0.05) is 10.9 Å². The minimum atomic E-state index is -0.899. The van der Waals surface area contributed by atoms with Crippen molar-refractivity contribution >= 4 is 38.9 Å². The topological polar surface area (TPSA) is 51.6 Å². The number of aromatic nitrogens is 1. The van der Waals surface area contributed by atoms with E-state index < -0.39 is 6.10 Å². The smallest absolute Gasteiger partial charge is 0.179 e. The number of hydrogen-bond acceptors (Lipinski definition) is 5. The number of aliphatic hydroxyl groups is 1. The Morgan fingerprint density at radius 3 is 2.63 bits per heavy atom. The molecule has 0 saturated heterocycles. The summed E-state index contributed by atoms with van der Waals surface area (Å²) >= 11 is 10.8. The standard InChI is InChI=1S/C12H11BrClNO3S/c1-17-7-4-3-6(9(14)11(7)18-2)10(16)12-15-8(13)5-19-12/h3-5,10,16H,1-2H3. The van der Waals surface area contributed by atoms with Crippen LogP contribution < -0.4 is 9.47 Å². The summed E-state index contributed by atoms with van der Waals surface area (Å²) in [6.45, 7) is 0. The van der Waals surface area contributed by atoms with Crippen LogP contribution in [-0.4, -0.2) is 24.3 Å². The summed E-state index contributed by atoms with van der Waals surface area (Å²) < 4.78 is 11.0. The van der Waals surface area contributed by atoms with Crippen LogP contribution >= 0.6 is 38.9 Å². The number of rotatable bonds is 4. The predicted molar refractivity (Wildman–Crippen MR) is 78.4 cm³/mol. The number of benzene rings is 1. The zero-order chi connectivity index (χ0) is 14.0. The summed E-state index contributed by atoms with van der Waals surface area (Å²) in [7, 11) is 3.03. The molecule has 0 aliphatic carbocycles. The molecule has 0 amide bonds. The van der Waals surface area contributed by atoms with E-state index >= 15 is 0 Å². The van der Waals surface area contributed by atoms with E-state index in [-0.39, 0.29) is 0 Å². The molecule has 1 N–H and O–H groups in total. The molecule has 4 nitrogen and oxygen atoms in total. The molecule has 0 fully saturated rings. The molecule has 0 aliphatic heterocycles. The van der Waals surface area contributed by atoms with Crippen LogP contribution in [0.4, 0.5) is 0 Å². The molecule has 102 valence electrons. The predicted octanol–water partition coefficient (Wildman–Crippen LogP) is 3.66. The Kier molecular flexibility index (Phi) is 4.67. The van der Waals surface area contributed by atoms with Crippen molar-refractivity contribution in [3.8, 4) is 11.5 Å². The molecule has 2 aromatic rings. The molecule has 0 radical (unpaired) electrons. The third-order valence-corrected chi connectivity index (χ3v) is 4.53. The van der Waals surface area contributed by atoms with Gasteiger partial charge in [-0.1, -0.05) is 17.7 Å². The Hall–Kier alpha value is -0.820. The normalized spacial score (nSPS) is 12.3. The van der Waals surface area contributed by atoms with Crippen molar-refractivity contribution in [3.63, 3.8) is 0 Å². The van der Waals surface area contributed by atoms with Crippen LogP contribution in [0.25, 0.3) is 0 Å². The maximum absolute atomic E-state index is 10.3. The summed E-state index contributed by atoms with van der Waals surface area (Å²) in [4.78, 5) is 4.18. The molecule has 0 spiro atoms. The quantitative estimate of drug-likeness (QED) is 0.899. The van der Waals surface area contributed by atoms with Crippen LogP contribution in [-0.2, 0) is 0 Å². The second kappa shape index (κ2) is 6.09. The van der Waals surface area contributed by atoms with Crippen LogP contribution in [0, 0.1) is 0 Å². The minimum Gasteiger partial charge on any atom is -0.493 e. The summed E-state index contributed by atoms with van der Waals surface area (Å²) in [5.41, 5.74) is 0.529. The zero-order valence-corrected chi connectivity index (χ0v) is 13.3. The third-order valence-electron chi connectivity index (χ3n) is 2.54. The van der Waals surface area contributed by atoms with Crippen molar-refractivity contribution in [2.45, 2.75) is 6.10 Å². The van der Waals surface area contributed by atoms with E-state index in [0.717, 1.165) is 0 Å². The van der Waals surface area contributed by atoms with Gasteiger partial charge < -0.3 is 14.6 Å². The van der Waals surface area contributed by atoms with Crippen LogP contribution in [0.5, 0.6) is 11.5 Å². The van der Waals surface area contributed by atoms with Gasteiger partial charge in [-0.3, -0.25) is 0 Å². The van der Waals surface area contributed by atoms with Crippen LogP contribution in [0.15, 0.2) is 22.1 Å². The highest BCUT2D eigenvalue weighted by molar-refractivity contribution is 9.10. The second-order valence-corrected chi connectivity index (χ2v) is 5.70. The monoisotopic (exact) mass is 363 g/mol. The number of aliphatic hydroxyl groups excluding tert-OH is 1. The maximum Gasteiger partial charge on any atom is 0.179 e. The van der Waals surface area contributed by atoms with Gasteiger partial charge in [-0.25, -0.2) is 4.98 Å². The molecule has 0 aliphatic rings. The molecule has 1 heterocycles. The lowest BCUT2D eigenvalue weighted by molar-refractivity contribution is 0.219. The fourth-order valence-electron chi connectivity index (χ4n) is 1.64. The van der Waals surface area contributed by atoms with Crippen molar-refractivity contribution in [2.75, 3.05) is 14.2 Å². The Balaban J connectivity index is 2.45. The van der Waals surface area contributed by atoms with E-state index in [2.05, 4.69) is 20.9 Å². The highest BCUT2D eigenvalue weighted by Gasteiger charge is 2.21. The number of thiazole rings is 1. The highest BCUT2D eigenvalue weighted by atomic mass is 79.9. The molecule has 7 heteroatoms. The Morgan fingerprint density at radius 1 is 1.37 bits per heavy atom. The van der Waals surface area contributed by atoms with E-state index in [1.54, 1.807) is 17.5 Å². The van der Waals surface area contributed by atoms with E-state index in [1.165, 1.54) is 25.6 Å². The number of nitrogens with zero attached hydrogens (tertiary/aromatic N) is 1. The number of halogens is 2. The Bertz CT molecular complexity index is 590. The van der Waals surface area contributed by atoms with E-state index in [0.29, 0.717) is 31.7 Å². The van der Waals surface area contributed by atoms with E-state index in [4.69, 9.17) is 21.1 Å². The largest absolute Gasteiger partial charge is 0.493 e. The van der Waals surface area contributed by atoms with Gasteiger partial charge in [0.2, 0.25) is 0 Å². The first-order valence-corrected chi connectivity index (χ1v) is 7.33. The van der Waals surface area contributed by atoms with Gasteiger partial charge in [0.1, 0.15) is 15.7 Å². The van der Waals surface area contributed by atoms with Gasteiger partial charge in [0.05, 0.1) is 19.2 Å². The van der Waals surface area contributed by atoms with Gasteiger partial charge in [-0.15, -0.1) is 11.3 Å². The first-order valence-electron chi connectivity index (χ1n) is 5.27. The van der Waals surface area contributed by atoms with E-state index in [1.807, 2.05) is 0 Å². The van der Waals surface area contributed by atoms with Gasteiger partial charge in [0.25, 0.3) is 0 Å². The number of ether oxygens (including phenoxy) is 2. The van der Waals surface area contributed by atoms with Crippen molar-refractivity contribution in [3.05, 3.63) is 37.7 Å². The SMILES string of the molecule is COc1ccc(C(O)c2nc(Br)cs2)c(Cl)c1OC. The zero-order valence-electron chi connectivity index (χ0n) is 10.2. The maximum atomic E-state index is 10.3. The molecule has 0 bridgehead atoms. The summed E-state index contributed by atoms with van der Waals surface area (Å²) in [6, 6.07) is 3.40. The average Bonchev–Trinajstić information content (AvgIpc) is 2.84. The van der Waals surface area contributed by atoms with Crippen molar-refractivity contribution in [1.29, 1.82) is 0 Å². The lowest BCUT2D eigenvalue weighted by Crippen LogP contribution is -2.02. The molecule has 0 saturated carbocycles. The molecule has 1 atom stereocenters. The summed E-state index contributed by atoms with van der Waals surface area (Å²) in [5.74, 6) is 0.917. The molecular formula is C12H11BrClNO3S. The minimum absolute atomic E-state index is 0.320. The van der Waals surface area contributed by atoms with Crippen molar-refractivity contribution < 1.29 is 14.6 Å². The first kappa shape index (κ1) is 14.6. The Morgan fingerprint density at radius 2 is 2.11 bits per heavy atom. The first-order chi connectivity index (χ1) is 9.08. The molecule has 1 unspecified atom stereocenters. The summed E-state index contributed by atoms with van der Waals surface area (Å²) in [6.07, 6.45) is -0.899. The molecule has 2 rings (SSSR count). The molecule has 1 aromatic carbocycles.